The molecule has 2 heteroatoms. The number of rotatable bonds is 3. The lowest BCUT2D eigenvalue weighted by Gasteiger charge is -1.99. The molecule has 0 N–H and O–H groups in total. The number of para-hydroxylation sites is 1. The fraction of sp³-hybridized carbons (Fsp3) is 0.267. The first-order chi connectivity index (χ1) is 8.13. The van der Waals surface area contributed by atoms with Crippen molar-refractivity contribution in [3.05, 3.63) is 41.7 Å². The molecule has 2 rings (SSSR count). The first-order valence-corrected chi connectivity index (χ1v) is 5.83. The molecule has 0 atom stereocenters. The zero-order valence-corrected chi connectivity index (χ0v) is 10.4. The first kappa shape index (κ1) is 11.6. The van der Waals surface area contributed by atoms with E-state index in [9.17, 15) is 4.79 Å². The maximum absolute atomic E-state index is 11.1. The Kier molecular flexibility index (Phi) is 3.14. The van der Waals surface area contributed by atoms with Gasteiger partial charge in [0, 0.05) is 10.9 Å². The Bertz CT molecular complexity index is 588. The number of carbonyl (C=O) groups is 1. The summed E-state index contributed by atoms with van der Waals surface area (Å²) in [7, 11) is 0. The largest absolute Gasteiger partial charge is 0.456 e. The first-order valence-electron chi connectivity index (χ1n) is 5.83. The molecular formula is C15H16O2. The lowest BCUT2D eigenvalue weighted by molar-refractivity contribution is -0.112. The minimum Gasteiger partial charge on any atom is -0.456 e. The van der Waals surface area contributed by atoms with Gasteiger partial charge in [0.25, 0.3) is 0 Å². The summed E-state index contributed by atoms with van der Waals surface area (Å²) >= 11 is 0. The average Bonchev–Trinajstić information content (AvgIpc) is 2.66. The van der Waals surface area contributed by atoms with Crippen LogP contribution in [0.5, 0.6) is 0 Å². The van der Waals surface area contributed by atoms with Crippen LogP contribution in [-0.2, 0) is 11.2 Å². The van der Waals surface area contributed by atoms with Gasteiger partial charge >= 0.3 is 0 Å². The van der Waals surface area contributed by atoms with E-state index >= 15 is 0 Å². The fourth-order valence-corrected chi connectivity index (χ4v) is 2.14. The van der Waals surface area contributed by atoms with E-state index in [0.29, 0.717) is 0 Å². The van der Waals surface area contributed by atoms with Gasteiger partial charge in [0.05, 0.1) is 0 Å². The highest BCUT2D eigenvalue weighted by atomic mass is 16.3. The molecule has 0 radical (unpaired) electrons. The zero-order valence-electron chi connectivity index (χ0n) is 10.4. The van der Waals surface area contributed by atoms with Crippen LogP contribution in [0.4, 0.5) is 0 Å². The van der Waals surface area contributed by atoms with Gasteiger partial charge in [0.15, 0.2) is 5.78 Å². The van der Waals surface area contributed by atoms with Gasteiger partial charge < -0.3 is 4.42 Å². The van der Waals surface area contributed by atoms with Gasteiger partial charge in [-0.05, 0) is 38.0 Å². The Morgan fingerprint density at radius 3 is 2.65 bits per heavy atom. The maximum Gasteiger partial charge on any atom is 0.153 e. The SMILES string of the molecule is CCc1c(/C(C)=C/C(C)=O)oc2ccccc12. The van der Waals surface area contributed by atoms with Crippen molar-refractivity contribution in [2.45, 2.75) is 27.2 Å². The molecule has 0 amide bonds. The van der Waals surface area contributed by atoms with Crippen LogP contribution in [0.1, 0.15) is 32.1 Å². The van der Waals surface area contributed by atoms with Crippen molar-refractivity contribution in [2.75, 3.05) is 0 Å². The molecule has 2 nitrogen and oxygen atoms in total. The molecule has 2 aromatic rings. The summed E-state index contributed by atoms with van der Waals surface area (Å²) in [4.78, 5) is 11.1. The summed E-state index contributed by atoms with van der Waals surface area (Å²) in [5, 5.41) is 1.14. The van der Waals surface area contributed by atoms with Crippen LogP contribution in [0.25, 0.3) is 16.5 Å². The maximum atomic E-state index is 11.1. The van der Waals surface area contributed by atoms with Crippen molar-refractivity contribution in [1.29, 1.82) is 0 Å². The second-order valence-corrected chi connectivity index (χ2v) is 4.20. The molecule has 0 unspecified atom stereocenters. The number of furan rings is 1. The molecule has 0 fully saturated rings. The van der Waals surface area contributed by atoms with Crippen molar-refractivity contribution in [1.82, 2.24) is 0 Å². The van der Waals surface area contributed by atoms with E-state index in [2.05, 4.69) is 13.0 Å². The number of hydrogen-bond donors (Lipinski definition) is 0. The molecule has 0 aliphatic carbocycles. The van der Waals surface area contributed by atoms with E-state index < -0.39 is 0 Å². The molecule has 0 bridgehead atoms. The Morgan fingerprint density at radius 2 is 2.00 bits per heavy atom. The third-order valence-electron chi connectivity index (χ3n) is 2.83. The van der Waals surface area contributed by atoms with Crippen molar-refractivity contribution >= 4 is 22.3 Å². The average molecular weight is 228 g/mol. The molecule has 1 aromatic heterocycles. The van der Waals surface area contributed by atoms with Gasteiger partial charge in [0.2, 0.25) is 0 Å². The molecule has 0 aliphatic rings. The highest BCUT2D eigenvalue weighted by molar-refractivity contribution is 5.96. The molecule has 1 aromatic carbocycles. The number of allylic oxidation sites excluding steroid dienone is 2. The molecular weight excluding hydrogens is 212 g/mol. The van der Waals surface area contributed by atoms with E-state index in [0.717, 1.165) is 28.7 Å². The van der Waals surface area contributed by atoms with Crippen LogP contribution in [-0.4, -0.2) is 5.78 Å². The monoisotopic (exact) mass is 228 g/mol. The number of carbonyl (C=O) groups excluding carboxylic acids is 1. The number of benzene rings is 1. The predicted octanol–water partition coefficient (Wildman–Crippen LogP) is 3.99. The third kappa shape index (κ3) is 2.16. The van der Waals surface area contributed by atoms with Crippen LogP contribution in [0, 0.1) is 0 Å². The molecule has 0 saturated heterocycles. The highest BCUT2D eigenvalue weighted by Crippen LogP contribution is 2.30. The lowest BCUT2D eigenvalue weighted by Crippen LogP contribution is -1.88. The summed E-state index contributed by atoms with van der Waals surface area (Å²) in [5.41, 5.74) is 2.96. The molecule has 0 saturated carbocycles. The molecule has 17 heavy (non-hydrogen) atoms. The van der Waals surface area contributed by atoms with E-state index in [-0.39, 0.29) is 5.78 Å². The number of ketones is 1. The molecule has 0 aliphatic heterocycles. The number of aryl methyl sites for hydroxylation is 1. The van der Waals surface area contributed by atoms with E-state index in [1.807, 2.05) is 25.1 Å². The van der Waals surface area contributed by atoms with Crippen LogP contribution in [0.2, 0.25) is 0 Å². The third-order valence-corrected chi connectivity index (χ3v) is 2.83. The summed E-state index contributed by atoms with van der Waals surface area (Å²) in [6.07, 6.45) is 2.52. The number of hydrogen-bond acceptors (Lipinski definition) is 2. The van der Waals surface area contributed by atoms with Gasteiger partial charge in [-0.15, -0.1) is 0 Å². The standard InChI is InChI=1S/C15H16O2/c1-4-12-13-7-5-6-8-14(13)17-15(12)10(2)9-11(3)16/h5-9H,4H2,1-3H3/b10-9+. The zero-order chi connectivity index (χ0) is 12.4. The Balaban J connectivity index is 2.65. The minimum absolute atomic E-state index is 0.0463. The van der Waals surface area contributed by atoms with Gasteiger partial charge in [-0.25, -0.2) is 0 Å². The second kappa shape index (κ2) is 4.58. The van der Waals surface area contributed by atoms with E-state index in [1.54, 1.807) is 13.0 Å². The Labute approximate surface area is 101 Å². The van der Waals surface area contributed by atoms with Gasteiger partial charge in [-0.1, -0.05) is 25.1 Å². The summed E-state index contributed by atoms with van der Waals surface area (Å²) in [5.74, 6) is 0.883. The van der Waals surface area contributed by atoms with Crippen molar-refractivity contribution in [2.24, 2.45) is 0 Å². The number of fused-ring (bicyclic) bond motifs is 1. The Morgan fingerprint density at radius 1 is 1.29 bits per heavy atom. The van der Waals surface area contributed by atoms with E-state index in [1.165, 1.54) is 5.56 Å². The quantitative estimate of drug-likeness (QED) is 0.743. The topological polar surface area (TPSA) is 30.2 Å². The fourth-order valence-electron chi connectivity index (χ4n) is 2.14. The summed E-state index contributed by atoms with van der Waals surface area (Å²) in [6.45, 7) is 5.57. The smallest absolute Gasteiger partial charge is 0.153 e. The molecule has 1 heterocycles. The molecule has 88 valence electrons. The normalized spacial score (nSPS) is 12.1. The van der Waals surface area contributed by atoms with Crippen LogP contribution >= 0.6 is 0 Å². The van der Waals surface area contributed by atoms with Crippen molar-refractivity contribution < 1.29 is 9.21 Å². The van der Waals surface area contributed by atoms with Gasteiger partial charge in [-0.3, -0.25) is 4.79 Å². The van der Waals surface area contributed by atoms with Gasteiger partial charge in [0.1, 0.15) is 11.3 Å². The van der Waals surface area contributed by atoms with Crippen LogP contribution < -0.4 is 0 Å². The second-order valence-electron chi connectivity index (χ2n) is 4.20. The highest BCUT2D eigenvalue weighted by Gasteiger charge is 2.13. The predicted molar refractivity (Wildman–Crippen MR) is 69.9 cm³/mol. The van der Waals surface area contributed by atoms with Gasteiger partial charge in [-0.2, -0.15) is 0 Å². The van der Waals surface area contributed by atoms with Crippen molar-refractivity contribution in [3.63, 3.8) is 0 Å². The van der Waals surface area contributed by atoms with Crippen molar-refractivity contribution in [3.8, 4) is 0 Å². The lowest BCUT2D eigenvalue weighted by atomic mass is 10.0. The minimum atomic E-state index is 0.0463. The van der Waals surface area contributed by atoms with E-state index in [4.69, 9.17) is 4.42 Å². The summed E-state index contributed by atoms with van der Waals surface area (Å²) in [6, 6.07) is 7.98. The Hall–Kier alpha value is -1.83. The van der Waals surface area contributed by atoms with Crippen LogP contribution in [0.3, 0.4) is 0 Å². The van der Waals surface area contributed by atoms with Crippen LogP contribution in [0.15, 0.2) is 34.8 Å². The summed E-state index contributed by atoms with van der Waals surface area (Å²) < 4.78 is 5.83. The molecule has 0 spiro atoms.